The van der Waals surface area contributed by atoms with E-state index in [-0.39, 0.29) is 0 Å². The summed E-state index contributed by atoms with van der Waals surface area (Å²) in [7, 11) is 4.79. The summed E-state index contributed by atoms with van der Waals surface area (Å²) in [5, 5.41) is 0. The molecule has 1 aliphatic heterocycles. The molecule has 0 saturated heterocycles. The molecule has 4 heteroatoms. The number of methoxy groups -OCH3 is 3. The second-order valence-corrected chi connectivity index (χ2v) is 5.00. The van der Waals surface area contributed by atoms with Crippen molar-refractivity contribution in [3.63, 3.8) is 0 Å². The molecule has 2 rings (SSSR count). The van der Waals surface area contributed by atoms with Crippen LogP contribution in [0.5, 0.6) is 23.0 Å². The van der Waals surface area contributed by atoms with Gasteiger partial charge >= 0.3 is 0 Å². The van der Waals surface area contributed by atoms with Gasteiger partial charge in [0, 0.05) is 0 Å². The maximum Gasteiger partial charge on any atom is 0.204 e. The van der Waals surface area contributed by atoms with Gasteiger partial charge in [-0.15, -0.1) is 0 Å². The first-order valence-corrected chi connectivity index (χ1v) is 6.35. The molecule has 20 heavy (non-hydrogen) atoms. The molecule has 0 bridgehead atoms. The Bertz CT molecular complexity index is 571. The zero-order chi connectivity index (χ0) is 14.9. The van der Waals surface area contributed by atoms with Crippen molar-refractivity contribution >= 4 is 12.2 Å². The molecule has 108 valence electrons. The Balaban J connectivity index is 2.83. The largest absolute Gasteiger partial charge is 0.495 e. The van der Waals surface area contributed by atoms with Gasteiger partial charge in [-0.2, -0.15) is 0 Å². The minimum absolute atomic E-state index is 0.411. The Kier molecular flexibility index (Phi) is 3.66. The molecule has 0 radical (unpaired) electrons. The van der Waals surface area contributed by atoms with Crippen molar-refractivity contribution in [2.75, 3.05) is 21.3 Å². The minimum atomic E-state index is -0.411. The third kappa shape index (κ3) is 2.11. The van der Waals surface area contributed by atoms with E-state index in [9.17, 15) is 0 Å². The van der Waals surface area contributed by atoms with Crippen LogP contribution in [-0.4, -0.2) is 26.9 Å². The quantitative estimate of drug-likeness (QED) is 0.843. The Morgan fingerprint density at radius 3 is 2.15 bits per heavy atom. The lowest BCUT2D eigenvalue weighted by Gasteiger charge is -2.31. The number of fused-ring (bicyclic) bond motifs is 1. The Hall–Kier alpha value is -2.10. The van der Waals surface area contributed by atoms with Crippen molar-refractivity contribution in [3.05, 3.63) is 23.8 Å². The zero-order valence-corrected chi connectivity index (χ0v) is 12.6. The van der Waals surface area contributed by atoms with Crippen LogP contribution in [0.2, 0.25) is 0 Å². The van der Waals surface area contributed by atoms with E-state index >= 15 is 0 Å². The number of hydrogen-bond acceptors (Lipinski definition) is 4. The first-order chi connectivity index (χ1) is 9.49. The highest BCUT2D eigenvalue weighted by Crippen LogP contribution is 2.52. The number of ether oxygens (including phenoxy) is 4. The molecule has 0 aliphatic carbocycles. The van der Waals surface area contributed by atoms with Gasteiger partial charge in [-0.3, -0.25) is 0 Å². The summed E-state index contributed by atoms with van der Waals surface area (Å²) in [5.41, 5.74) is 1.17. The molecule has 0 spiro atoms. The van der Waals surface area contributed by atoms with Crippen LogP contribution in [0.25, 0.3) is 12.2 Å². The van der Waals surface area contributed by atoms with Crippen molar-refractivity contribution in [1.82, 2.24) is 0 Å². The summed E-state index contributed by atoms with van der Waals surface area (Å²) < 4.78 is 22.5. The third-order valence-electron chi connectivity index (χ3n) is 3.22. The molecule has 0 N–H and O–H groups in total. The van der Waals surface area contributed by atoms with Gasteiger partial charge in [-0.25, -0.2) is 0 Å². The van der Waals surface area contributed by atoms with Gasteiger partial charge in [0.15, 0.2) is 11.5 Å². The minimum Gasteiger partial charge on any atom is -0.495 e. The van der Waals surface area contributed by atoms with Crippen LogP contribution in [-0.2, 0) is 0 Å². The van der Waals surface area contributed by atoms with Crippen molar-refractivity contribution in [2.24, 2.45) is 0 Å². The fourth-order valence-corrected chi connectivity index (χ4v) is 2.33. The van der Waals surface area contributed by atoms with Crippen LogP contribution in [0.15, 0.2) is 12.7 Å². The standard InChI is InChI=1S/C16H20O4/c1-7-10-12(17-4)11-8-9-16(2,3)20-14(11)15(19-6)13(10)18-5/h7-9H,1H2,2-6H3. The molecule has 0 fully saturated rings. The van der Waals surface area contributed by atoms with Gasteiger partial charge in [-0.05, 0) is 26.0 Å². The molecule has 1 aliphatic rings. The van der Waals surface area contributed by atoms with Gasteiger partial charge in [0.25, 0.3) is 0 Å². The molecule has 1 aromatic rings. The summed E-state index contributed by atoms with van der Waals surface area (Å²) in [4.78, 5) is 0. The number of benzene rings is 1. The highest BCUT2D eigenvalue weighted by Gasteiger charge is 2.31. The maximum atomic E-state index is 6.02. The zero-order valence-electron chi connectivity index (χ0n) is 12.6. The SMILES string of the molecule is C=Cc1c(OC)c2c(c(OC)c1OC)OC(C)(C)C=C2. The van der Waals surface area contributed by atoms with E-state index < -0.39 is 5.60 Å². The van der Waals surface area contributed by atoms with Crippen molar-refractivity contribution in [2.45, 2.75) is 19.4 Å². The van der Waals surface area contributed by atoms with E-state index in [0.29, 0.717) is 23.0 Å². The van der Waals surface area contributed by atoms with Crippen molar-refractivity contribution < 1.29 is 18.9 Å². The molecule has 0 unspecified atom stereocenters. The molecular weight excluding hydrogens is 256 g/mol. The Morgan fingerprint density at radius 2 is 1.65 bits per heavy atom. The van der Waals surface area contributed by atoms with Crippen LogP contribution < -0.4 is 18.9 Å². The van der Waals surface area contributed by atoms with Gasteiger partial charge < -0.3 is 18.9 Å². The Morgan fingerprint density at radius 1 is 1.05 bits per heavy atom. The lowest BCUT2D eigenvalue weighted by atomic mass is 9.98. The second-order valence-electron chi connectivity index (χ2n) is 5.00. The molecule has 0 aromatic heterocycles. The predicted molar refractivity (Wildman–Crippen MR) is 79.9 cm³/mol. The highest BCUT2D eigenvalue weighted by atomic mass is 16.5. The van der Waals surface area contributed by atoms with E-state index in [4.69, 9.17) is 18.9 Å². The van der Waals surface area contributed by atoms with E-state index in [1.54, 1.807) is 27.4 Å². The van der Waals surface area contributed by atoms with Gasteiger partial charge in [0.05, 0.1) is 32.5 Å². The second kappa shape index (κ2) is 5.12. The van der Waals surface area contributed by atoms with E-state index in [1.165, 1.54) is 0 Å². The molecule has 4 nitrogen and oxygen atoms in total. The van der Waals surface area contributed by atoms with Crippen LogP contribution >= 0.6 is 0 Å². The van der Waals surface area contributed by atoms with Gasteiger partial charge in [0.1, 0.15) is 11.4 Å². The Labute approximate surface area is 119 Å². The molecular formula is C16H20O4. The predicted octanol–water partition coefficient (Wildman–Crippen LogP) is 3.54. The summed E-state index contributed by atoms with van der Waals surface area (Å²) in [6, 6.07) is 0. The molecule has 1 heterocycles. The lowest BCUT2D eigenvalue weighted by molar-refractivity contribution is 0.150. The first-order valence-electron chi connectivity index (χ1n) is 6.35. The normalized spacial score (nSPS) is 15.1. The van der Waals surface area contributed by atoms with E-state index in [2.05, 4.69) is 6.58 Å². The number of hydrogen-bond donors (Lipinski definition) is 0. The monoisotopic (exact) mass is 276 g/mol. The van der Waals surface area contributed by atoms with Crippen molar-refractivity contribution in [3.8, 4) is 23.0 Å². The average Bonchev–Trinajstić information content (AvgIpc) is 2.43. The van der Waals surface area contributed by atoms with Crippen molar-refractivity contribution in [1.29, 1.82) is 0 Å². The fraction of sp³-hybridized carbons (Fsp3) is 0.375. The lowest BCUT2D eigenvalue weighted by Crippen LogP contribution is -2.28. The maximum absolute atomic E-state index is 6.02. The fourth-order valence-electron chi connectivity index (χ4n) is 2.33. The summed E-state index contributed by atoms with van der Waals surface area (Å²) >= 11 is 0. The van der Waals surface area contributed by atoms with Crippen LogP contribution in [0.4, 0.5) is 0 Å². The van der Waals surface area contributed by atoms with Crippen LogP contribution in [0.3, 0.4) is 0 Å². The van der Waals surface area contributed by atoms with Crippen LogP contribution in [0.1, 0.15) is 25.0 Å². The summed E-state index contributed by atoms with van der Waals surface area (Å²) in [6.45, 7) is 7.78. The smallest absolute Gasteiger partial charge is 0.204 e. The average molecular weight is 276 g/mol. The summed E-state index contributed by atoms with van der Waals surface area (Å²) in [6.07, 6.45) is 5.65. The topological polar surface area (TPSA) is 36.9 Å². The van der Waals surface area contributed by atoms with Gasteiger partial charge in [-0.1, -0.05) is 12.7 Å². The molecule has 0 amide bonds. The van der Waals surface area contributed by atoms with E-state index in [1.807, 2.05) is 26.0 Å². The van der Waals surface area contributed by atoms with E-state index in [0.717, 1.165) is 11.1 Å². The summed E-state index contributed by atoms with van der Waals surface area (Å²) in [5.74, 6) is 2.40. The molecule has 0 saturated carbocycles. The third-order valence-corrected chi connectivity index (χ3v) is 3.22. The molecule has 0 atom stereocenters. The highest BCUT2D eigenvalue weighted by molar-refractivity contribution is 5.82. The number of rotatable bonds is 4. The van der Waals surface area contributed by atoms with Gasteiger partial charge in [0.2, 0.25) is 5.75 Å². The van der Waals surface area contributed by atoms with Crippen LogP contribution in [0, 0.1) is 0 Å². The molecule has 1 aromatic carbocycles. The first kappa shape index (κ1) is 14.3.